The number of carbonyl (C=O) groups is 1. The molecule has 0 aromatic heterocycles. The van der Waals surface area contributed by atoms with Gasteiger partial charge in [-0.25, -0.2) is 0 Å². The van der Waals surface area contributed by atoms with Crippen molar-refractivity contribution >= 4 is 33.7 Å². The SMILES string of the molecule is O=C(Nc1ccc2c3c(cccc13)CC2)c1ccc(N2CCCCC2)c([N+](=O)[O-])c1. The summed E-state index contributed by atoms with van der Waals surface area (Å²) in [5.74, 6) is -0.331. The van der Waals surface area contributed by atoms with Crippen LogP contribution in [0.1, 0.15) is 40.7 Å². The number of rotatable bonds is 4. The minimum Gasteiger partial charge on any atom is -0.366 e. The molecule has 1 aliphatic heterocycles. The second-order valence-electron chi connectivity index (χ2n) is 8.07. The van der Waals surface area contributed by atoms with Gasteiger partial charge < -0.3 is 10.2 Å². The van der Waals surface area contributed by atoms with E-state index in [1.165, 1.54) is 22.6 Å². The highest BCUT2D eigenvalue weighted by atomic mass is 16.6. The van der Waals surface area contributed by atoms with Gasteiger partial charge in [-0.15, -0.1) is 0 Å². The van der Waals surface area contributed by atoms with Crippen molar-refractivity contribution in [3.8, 4) is 0 Å². The van der Waals surface area contributed by atoms with E-state index in [4.69, 9.17) is 0 Å². The fraction of sp³-hybridized carbons (Fsp3) is 0.292. The van der Waals surface area contributed by atoms with Crippen LogP contribution in [0.15, 0.2) is 48.5 Å². The maximum Gasteiger partial charge on any atom is 0.293 e. The van der Waals surface area contributed by atoms with E-state index in [2.05, 4.69) is 17.4 Å². The van der Waals surface area contributed by atoms with Gasteiger partial charge in [0.25, 0.3) is 11.6 Å². The van der Waals surface area contributed by atoms with Crippen LogP contribution in [0.25, 0.3) is 10.8 Å². The van der Waals surface area contributed by atoms with Crippen molar-refractivity contribution in [3.63, 3.8) is 0 Å². The molecule has 0 bridgehead atoms. The van der Waals surface area contributed by atoms with E-state index >= 15 is 0 Å². The molecule has 30 heavy (non-hydrogen) atoms. The van der Waals surface area contributed by atoms with Gasteiger partial charge in [-0.3, -0.25) is 14.9 Å². The minimum atomic E-state index is -0.389. The van der Waals surface area contributed by atoms with Gasteiger partial charge in [-0.05, 0) is 66.8 Å². The van der Waals surface area contributed by atoms with Crippen molar-refractivity contribution in [1.82, 2.24) is 0 Å². The number of aryl methyl sites for hydroxylation is 2. The van der Waals surface area contributed by atoms with Crippen molar-refractivity contribution in [1.29, 1.82) is 0 Å². The molecule has 2 aliphatic rings. The summed E-state index contributed by atoms with van der Waals surface area (Å²) in [7, 11) is 0. The summed E-state index contributed by atoms with van der Waals surface area (Å²) in [4.78, 5) is 26.3. The molecule has 0 saturated carbocycles. The number of amides is 1. The zero-order valence-electron chi connectivity index (χ0n) is 16.7. The number of benzene rings is 3. The highest BCUT2D eigenvalue weighted by Gasteiger charge is 2.24. The van der Waals surface area contributed by atoms with Crippen LogP contribution in [0.2, 0.25) is 0 Å². The number of piperidine rings is 1. The van der Waals surface area contributed by atoms with Crippen LogP contribution in [0.4, 0.5) is 17.1 Å². The van der Waals surface area contributed by atoms with E-state index in [9.17, 15) is 14.9 Å². The van der Waals surface area contributed by atoms with Crippen LogP contribution in [0.5, 0.6) is 0 Å². The molecule has 3 aromatic rings. The Bertz CT molecular complexity index is 1160. The molecule has 1 amide bonds. The van der Waals surface area contributed by atoms with Gasteiger partial charge >= 0.3 is 0 Å². The summed E-state index contributed by atoms with van der Waals surface area (Å²) < 4.78 is 0. The van der Waals surface area contributed by atoms with Crippen molar-refractivity contribution in [2.45, 2.75) is 32.1 Å². The first kappa shape index (κ1) is 18.6. The maximum absolute atomic E-state index is 13.0. The van der Waals surface area contributed by atoms with Crippen LogP contribution < -0.4 is 10.2 Å². The second kappa shape index (κ2) is 7.44. The monoisotopic (exact) mass is 401 g/mol. The van der Waals surface area contributed by atoms with Crippen LogP contribution in [-0.2, 0) is 12.8 Å². The first-order valence-corrected chi connectivity index (χ1v) is 10.5. The predicted molar refractivity (Wildman–Crippen MR) is 118 cm³/mol. The Kier molecular flexibility index (Phi) is 4.62. The van der Waals surface area contributed by atoms with Gasteiger partial charge in [0.1, 0.15) is 5.69 Å². The van der Waals surface area contributed by atoms with Crippen molar-refractivity contribution in [2.24, 2.45) is 0 Å². The summed E-state index contributed by atoms with van der Waals surface area (Å²) in [6.07, 6.45) is 5.26. The van der Waals surface area contributed by atoms with Crippen LogP contribution >= 0.6 is 0 Å². The quantitative estimate of drug-likeness (QED) is 0.488. The molecule has 0 radical (unpaired) electrons. The number of hydrogen-bond donors (Lipinski definition) is 1. The second-order valence-corrected chi connectivity index (χ2v) is 8.07. The largest absolute Gasteiger partial charge is 0.366 e. The topological polar surface area (TPSA) is 75.5 Å². The lowest BCUT2D eigenvalue weighted by Crippen LogP contribution is -2.30. The molecule has 1 saturated heterocycles. The molecule has 3 aromatic carbocycles. The Balaban J connectivity index is 1.47. The lowest BCUT2D eigenvalue weighted by Gasteiger charge is -2.28. The van der Waals surface area contributed by atoms with E-state index in [1.807, 2.05) is 23.1 Å². The van der Waals surface area contributed by atoms with Crippen molar-refractivity contribution < 1.29 is 9.72 Å². The van der Waals surface area contributed by atoms with Gasteiger partial charge in [0.05, 0.1) is 4.92 Å². The fourth-order valence-electron chi connectivity index (χ4n) is 4.76. The van der Waals surface area contributed by atoms with Gasteiger partial charge in [-0.1, -0.05) is 24.3 Å². The molecule has 152 valence electrons. The summed E-state index contributed by atoms with van der Waals surface area (Å²) >= 11 is 0. The summed E-state index contributed by atoms with van der Waals surface area (Å²) in [5, 5.41) is 16.9. The maximum atomic E-state index is 13.0. The van der Waals surface area contributed by atoms with E-state index in [1.54, 1.807) is 12.1 Å². The number of anilines is 2. The van der Waals surface area contributed by atoms with Crippen LogP contribution in [0.3, 0.4) is 0 Å². The van der Waals surface area contributed by atoms with Crippen molar-refractivity contribution in [2.75, 3.05) is 23.3 Å². The third kappa shape index (κ3) is 3.18. The average Bonchev–Trinajstić information content (AvgIpc) is 3.20. The number of carbonyl (C=O) groups excluding carboxylic acids is 1. The Morgan fingerprint density at radius 3 is 2.50 bits per heavy atom. The highest BCUT2D eigenvalue weighted by molar-refractivity contribution is 6.10. The van der Waals surface area contributed by atoms with Gasteiger partial charge in [0, 0.05) is 35.8 Å². The smallest absolute Gasteiger partial charge is 0.293 e. The molecule has 1 N–H and O–H groups in total. The molecule has 0 spiro atoms. The van der Waals surface area contributed by atoms with Crippen molar-refractivity contribution in [3.05, 3.63) is 75.3 Å². The lowest BCUT2D eigenvalue weighted by atomic mass is 10.0. The van der Waals surface area contributed by atoms with Crippen LogP contribution in [-0.4, -0.2) is 23.9 Å². The summed E-state index contributed by atoms with van der Waals surface area (Å²) in [6, 6.07) is 15.0. The molecule has 6 heteroatoms. The summed E-state index contributed by atoms with van der Waals surface area (Å²) in [6.45, 7) is 1.63. The molecule has 6 nitrogen and oxygen atoms in total. The average molecular weight is 401 g/mol. The minimum absolute atomic E-state index is 0.00930. The first-order chi connectivity index (χ1) is 14.6. The predicted octanol–water partition coefficient (Wildman–Crippen LogP) is 5.09. The molecular formula is C24H23N3O3. The van der Waals surface area contributed by atoms with E-state index in [-0.39, 0.29) is 16.5 Å². The van der Waals surface area contributed by atoms with Gasteiger partial charge in [0.2, 0.25) is 0 Å². The zero-order chi connectivity index (χ0) is 20.7. The number of nitro benzene ring substituents is 1. The molecule has 0 unspecified atom stereocenters. The number of nitro groups is 1. The van der Waals surface area contributed by atoms with E-state index in [0.717, 1.165) is 56.3 Å². The Hall–Kier alpha value is -3.41. The van der Waals surface area contributed by atoms with Crippen LogP contribution in [0, 0.1) is 10.1 Å². The number of nitrogens with one attached hydrogen (secondary N) is 1. The molecular weight excluding hydrogens is 378 g/mol. The molecule has 0 atom stereocenters. The fourth-order valence-corrected chi connectivity index (χ4v) is 4.76. The summed E-state index contributed by atoms with van der Waals surface area (Å²) in [5.41, 5.74) is 4.24. The highest BCUT2D eigenvalue weighted by Crippen LogP contribution is 2.36. The van der Waals surface area contributed by atoms with Gasteiger partial charge in [-0.2, -0.15) is 0 Å². The third-order valence-corrected chi connectivity index (χ3v) is 6.26. The molecule has 5 rings (SSSR count). The lowest BCUT2D eigenvalue weighted by molar-refractivity contribution is -0.384. The molecule has 1 aliphatic carbocycles. The standard InChI is InChI=1S/C24H23N3O3/c28-24(25-20-11-9-17-8-7-16-5-4-6-19(20)23(16)17)18-10-12-21(22(15-18)27(29)30)26-13-2-1-3-14-26/h4-6,9-12,15H,1-3,7-8,13-14H2,(H,25,28). The zero-order valence-corrected chi connectivity index (χ0v) is 16.7. The number of nitrogens with zero attached hydrogens (tertiary/aromatic N) is 2. The Labute approximate surface area is 174 Å². The first-order valence-electron chi connectivity index (χ1n) is 10.5. The van der Waals surface area contributed by atoms with E-state index < -0.39 is 0 Å². The molecule has 1 heterocycles. The number of hydrogen-bond acceptors (Lipinski definition) is 4. The van der Waals surface area contributed by atoms with E-state index in [0.29, 0.717) is 11.3 Å². The Morgan fingerprint density at radius 2 is 1.73 bits per heavy atom. The normalized spacial score (nSPS) is 15.4. The molecule has 1 fully saturated rings. The van der Waals surface area contributed by atoms with Gasteiger partial charge in [0.15, 0.2) is 0 Å². The third-order valence-electron chi connectivity index (χ3n) is 6.26. The Morgan fingerprint density at radius 1 is 0.967 bits per heavy atom.